The van der Waals surface area contributed by atoms with Crippen LogP contribution in [-0.4, -0.2) is 11.1 Å². The second-order valence-corrected chi connectivity index (χ2v) is 10.8. The van der Waals surface area contributed by atoms with E-state index in [-0.39, 0.29) is 11.5 Å². The molecule has 2 N–H and O–H groups in total. The molecule has 2 unspecified atom stereocenters. The Morgan fingerprint density at radius 1 is 0.794 bits per heavy atom. The molecule has 1 aliphatic heterocycles. The van der Waals surface area contributed by atoms with Crippen molar-refractivity contribution in [2.75, 3.05) is 0 Å². The lowest BCUT2D eigenvalue weighted by Gasteiger charge is -2.36. The van der Waals surface area contributed by atoms with Crippen LogP contribution in [0, 0.1) is 19.3 Å². The molecule has 2 atom stereocenters. The first-order chi connectivity index (χ1) is 16.5. The summed E-state index contributed by atoms with van der Waals surface area (Å²) in [6.45, 7) is 4.42. The second-order valence-electron chi connectivity index (χ2n) is 10.8. The summed E-state index contributed by atoms with van der Waals surface area (Å²) in [6.07, 6.45) is 11.6. The Labute approximate surface area is 203 Å². The second kappa shape index (κ2) is 9.54. The Kier molecular flexibility index (Phi) is 6.48. The van der Waals surface area contributed by atoms with Crippen LogP contribution >= 0.6 is 0 Å². The lowest BCUT2D eigenvalue weighted by molar-refractivity contribution is 0.0697. The van der Waals surface area contributed by atoms with E-state index in [2.05, 4.69) is 49.5 Å². The first-order valence-corrected chi connectivity index (χ1v) is 13.1. The van der Waals surface area contributed by atoms with Crippen LogP contribution in [0.25, 0.3) is 10.8 Å². The number of aryl methyl sites for hydroxylation is 2. The van der Waals surface area contributed by atoms with Crippen molar-refractivity contribution in [3.05, 3.63) is 82.4 Å². The van der Waals surface area contributed by atoms with Crippen molar-refractivity contribution >= 4 is 16.7 Å². The van der Waals surface area contributed by atoms with E-state index >= 15 is 0 Å². The van der Waals surface area contributed by atoms with Crippen molar-refractivity contribution in [2.24, 2.45) is 5.41 Å². The van der Waals surface area contributed by atoms with Crippen LogP contribution in [0.4, 0.5) is 0 Å². The van der Waals surface area contributed by atoms with E-state index < -0.39 is 5.97 Å². The van der Waals surface area contributed by atoms with Crippen LogP contribution in [0.15, 0.2) is 54.6 Å². The van der Waals surface area contributed by atoms with E-state index in [0.29, 0.717) is 11.6 Å². The SMILES string of the molecule is Cc1ccc(C)c2cc(C3NC(c4ccc(C(=O)O)cc4)CC34CCCCCCCC4)ccc12. The van der Waals surface area contributed by atoms with Gasteiger partial charge in [-0.25, -0.2) is 4.79 Å². The van der Waals surface area contributed by atoms with Gasteiger partial charge in [0.1, 0.15) is 0 Å². The zero-order chi connectivity index (χ0) is 23.7. The number of carbonyl (C=O) groups is 1. The number of aromatic carboxylic acids is 1. The van der Waals surface area contributed by atoms with Gasteiger partial charge in [0.15, 0.2) is 0 Å². The summed E-state index contributed by atoms with van der Waals surface area (Å²) in [5.41, 5.74) is 5.89. The third-order valence-electron chi connectivity index (χ3n) is 8.56. The van der Waals surface area contributed by atoms with Gasteiger partial charge >= 0.3 is 5.97 Å². The highest BCUT2D eigenvalue weighted by atomic mass is 16.4. The predicted molar refractivity (Wildman–Crippen MR) is 139 cm³/mol. The minimum atomic E-state index is -0.863. The van der Waals surface area contributed by atoms with E-state index in [9.17, 15) is 9.90 Å². The van der Waals surface area contributed by atoms with E-state index in [1.54, 1.807) is 12.1 Å². The summed E-state index contributed by atoms with van der Waals surface area (Å²) in [6, 6.07) is 19.7. The lowest BCUT2D eigenvalue weighted by Crippen LogP contribution is -2.29. The first-order valence-electron chi connectivity index (χ1n) is 13.1. The Hall–Kier alpha value is -2.65. The van der Waals surface area contributed by atoms with Crippen LogP contribution in [0.5, 0.6) is 0 Å². The summed E-state index contributed by atoms with van der Waals surface area (Å²) in [4.78, 5) is 11.4. The molecule has 1 spiro atoms. The molecule has 3 aromatic carbocycles. The van der Waals surface area contributed by atoms with Gasteiger partial charge in [0.2, 0.25) is 0 Å². The average molecular weight is 456 g/mol. The van der Waals surface area contributed by atoms with Crippen LogP contribution in [0.1, 0.15) is 102 Å². The Morgan fingerprint density at radius 2 is 1.38 bits per heavy atom. The number of rotatable bonds is 3. The molecule has 3 nitrogen and oxygen atoms in total. The number of hydrogen-bond acceptors (Lipinski definition) is 2. The van der Waals surface area contributed by atoms with Crippen LogP contribution in [0.2, 0.25) is 0 Å². The molecular weight excluding hydrogens is 418 g/mol. The van der Waals surface area contributed by atoms with Crippen molar-refractivity contribution in [2.45, 2.75) is 83.7 Å². The molecular formula is C31H37NO2. The fourth-order valence-corrected chi connectivity index (χ4v) is 6.60. The summed E-state index contributed by atoms with van der Waals surface area (Å²) >= 11 is 0. The molecule has 1 saturated heterocycles. The number of hydrogen-bond donors (Lipinski definition) is 2. The molecule has 178 valence electrons. The number of benzene rings is 3. The quantitative estimate of drug-likeness (QED) is 0.420. The lowest BCUT2D eigenvalue weighted by atomic mass is 9.69. The van der Waals surface area contributed by atoms with Crippen LogP contribution in [0.3, 0.4) is 0 Å². The summed E-state index contributed by atoms with van der Waals surface area (Å²) in [5.74, 6) is -0.863. The summed E-state index contributed by atoms with van der Waals surface area (Å²) in [5, 5.41) is 16.1. The molecule has 0 radical (unpaired) electrons. The number of carboxylic acids is 1. The molecule has 2 aliphatic rings. The molecule has 0 bridgehead atoms. The fourth-order valence-electron chi connectivity index (χ4n) is 6.60. The smallest absolute Gasteiger partial charge is 0.335 e. The standard InChI is InChI=1S/C31H37NO2/c1-21-9-10-22(2)27-19-25(15-16-26(21)27)29-31(17-7-5-3-4-6-8-18-31)20-28(32-29)23-11-13-24(14-12-23)30(33)34/h9-16,19,28-29,32H,3-8,17-18,20H2,1-2H3,(H,33,34). The van der Waals surface area contributed by atoms with Crippen molar-refractivity contribution < 1.29 is 9.90 Å². The normalized spacial score (nSPS) is 22.9. The summed E-state index contributed by atoms with van der Waals surface area (Å²) < 4.78 is 0. The van der Waals surface area contributed by atoms with Gasteiger partial charge in [0.05, 0.1) is 5.56 Å². The van der Waals surface area contributed by atoms with E-state index in [0.717, 1.165) is 6.42 Å². The summed E-state index contributed by atoms with van der Waals surface area (Å²) in [7, 11) is 0. The van der Waals surface area contributed by atoms with Crippen LogP contribution in [-0.2, 0) is 0 Å². The molecule has 3 heteroatoms. The van der Waals surface area contributed by atoms with E-state index in [1.807, 2.05) is 12.1 Å². The van der Waals surface area contributed by atoms with Crippen molar-refractivity contribution in [3.63, 3.8) is 0 Å². The molecule has 1 saturated carbocycles. The third-order valence-corrected chi connectivity index (χ3v) is 8.56. The zero-order valence-electron chi connectivity index (χ0n) is 20.6. The molecule has 3 aromatic rings. The van der Waals surface area contributed by atoms with Crippen molar-refractivity contribution in [3.8, 4) is 0 Å². The topological polar surface area (TPSA) is 49.3 Å². The van der Waals surface area contributed by atoms with Gasteiger partial charge in [0.25, 0.3) is 0 Å². The van der Waals surface area contributed by atoms with Crippen LogP contribution < -0.4 is 5.32 Å². The molecule has 1 aliphatic carbocycles. The monoisotopic (exact) mass is 455 g/mol. The van der Waals surface area contributed by atoms with E-state index in [1.165, 1.54) is 84.4 Å². The van der Waals surface area contributed by atoms with E-state index in [4.69, 9.17) is 0 Å². The Balaban J connectivity index is 1.55. The average Bonchev–Trinajstić information content (AvgIpc) is 3.27. The minimum Gasteiger partial charge on any atom is -0.478 e. The Morgan fingerprint density at radius 3 is 2.03 bits per heavy atom. The predicted octanol–water partition coefficient (Wildman–Crippen LogP) is 8.05. The highest BCUT2D eigenvalue weighted by molar-refractivity contribution is 5.89. The molecule has 0 aromatic heterocycles. The molecule has 0 amide bonds. The third kappa shape index (κ3) is 4.38. The molecule has 34 heavy (non-hydrogen) atoms. The minimum absolute atomic E-state index is 0.242. The Bertz CT molecular complexity index is 1170. The maximum Gasteiger partial charge on any atom is 0.335 e. The van der Waals surface area contributed by atoms with Gasteiger partial charge in [0, 0.05) is 12.1 Å². The first kappa shape index (κ1) is 23.1. The maximum atomic E-state index is 11.4. The fraction of sp³-hybridized carbons (Fsp3) is 0.452. The van der Waals surface area contributed by atoms with Gasteiger partial charge in [-0.2, -0.15) is 0 Å². The van der Waals surface area contributed by atoms with Gasteiger partial charge in [-0.1, -0.05) is 74.9 Å². The highest BCUT2D eigenvalue weighted by Crippen LogP contribution is 2.55. The van der Waals surface area contributed by atoms with Gasteiger partial charge in [-0.05, 0) is 89.8 Å². The zero-order valence-corrected chi connectivity index (χ0v) is 20.6. The number of fused-ring (bicyclic) bond motifs is 1. The molecule has 2 fully saturated rings. The van der Waals surface area contributed by atoms with Gasteiger partial charge < -0.3 is 10.4 Å². The number of carboxylic acid groups (broad SMARTS) is 1. The molecule has 5 rings (SSSR count). The van der Waals surface area contributed by atoms with Crippen molar-refractivity contribution in [1.29, 1.82) is 0 Å². The number of nitrogens with one attached hydrogen (secondary N) is 1. The largest absolute Gasteiger partial charge is 0.478 e. The van der Waals surface area contributed by atoms with Crippen molar-refractivity contribution in [1.82, 2.24) is 5.32 Å². The maximum absolute atomic E-state index is 11.4. The highest BCUT2D eigenvalue weighted by Gasteiger charge is 2.47. The van der Waals surface area contributed by atoms with Gasteiger partial charge in [-0.15, -0.1) is 0 Å². The van der Waals surface area contributed by atoms with Gasteiger partial charge in [-0.3, -0.25) is 0 Å². The molecule has 1 heterocycles.